The highest BCUT2D eigenvalue weighted by Crippen LogP contribution is 2.25. The highest BCUT2D eigenvalue weighted by molar-refractivity contribution is 6.00. The third kappa shape index (κ3) is 8.22. The minimum atomic E-state index is -1.16. The largest absolute Gasteiger partial charge is 0.374 e. The molecule has 216 valence electrons. The summed E-state index contributed by atoms with van der Waals surface area (Å²) < 4.78 is 7.56. The van der Waals surface area contributed by atoms with Gasteiger partial charge < -0.3 is 25.3 Å². The fraction of sp³-hybridized carbons (Fsp3) is 0.375. The van der Waals surface area contributed by atoms with E-state index in [1.54, 1.807) is 37.0 Å². The average Bonchev–Trinajstić information content (AvgIpc) is 3.64. The highest BCUT2D eigenvalue weighted by Gasteiger charge is 2.30. The second-order valence-corrected chi connectivity index (χ2v) is 11.1. The Bertz CT molecular complexity index is 1370. The van der Waals surface area contributed by atoms with E-state index in [0.717, 1.165) is 42.6 Å². The predicted octanol–water partition coefficient (Wildman–Crippen LogP) is 3.42. The standard InChI is InChI=1S/C32H39N5O4/c1-23-10-9-13-25(18-23)29(30(39)36-16-7-8-17-36)37-19-26(34-22-37)14-15-28(38)27(35-31(40)32(2,3)33)21-41-20-24-11-5-4-6-12-24/h4-6,9-15,18-19,22,27,29H,7-8,16-17,20-21,33H2,1-3H3,(H,35,40)/t27-,29?/m1/s1. The molecule has 41 heavy (non-hydrogen) atoms. The van der Waals surface area contributed by atoms with E-state index in [0.29, 0.717) is 12.3 Å². The first-order valence-corrected chi connectivity index (χ1v) is 13.9. The summed E-state index contributed by atoms with van der Waals surface area (Å²) in [5.74, 6) is -0.785. The summed E-state index contributed by atoms with van der Waals surface area (Å²) in [7, 11) is 0. The normalized spacial score (nSPS) is 15.2. The Kier molecular flexibility index (Phi) is 9.86. The van der Waals surface area contributed by atoms with Gasteiger partial charge in [-0.25, -0.2) is 4.98 Å². The quantitative estimate of drug-likeness (QED) is 0.330. The second-order valence-electron chi connectivity index (χ2n) is 11.1. The molecule has 9 heteroatoms. The molecule has 3 N–H and O–H groups in total. The molecule has 0 saturated carbocycles. The van der Waals surface area contributed by atoms with Gasteiger partial charge in [0, 0.05) is 19.3 Å². The third-order valence-corrected chi connectivity index (χ3v) is 6.98. The molecule has 0 spiro atoms. The van der Waals surface area contributed by atoms with E-state index >= 15 is 0 Å². The number of rotatable bonds is 12. The summed E-state index contributed by atoms with van der Waals surface area (Å²) in [4.78, 5) is 45.7. The molecule has 3 aromatic rings. The number of nitrogens with one attached hydrogen (secondary N) is 1. The molecule has 1 unspecified atom stereocenters. The smallest absolute Gasteiger partial charge is 0.250 e. The second kappa shape index (κ2) is 13.5. The lowest BCUT2D eigenvalue weighted by molar-refractivity contribution is -0.132. The fourth-order valence-corrected chi connectivity index (χ4v) is 4.66. The van der Waals surface area contributed by atoms with Crippen LogP contribution in [0.2, 0.25) is 0 Å². The number of carbonyl (C=O) groups is 3. The fourth-order valence-electron chi connectivity index (χ4n) is 4.66. The summed E-state index contributed by atoms with van der Waals surface area (Å²) in [6.45, 7) is 6.92. The molecule has 0 aliphatic carbocycles. The van der Waals surface area contributed by atoms with E-state index in [1.165, 1.54) is 6.08 Å². The Morgan fingerprint density at radius 2 is 1.83 bits per heavy atom. The van der Waals surface area contributed by atoms with Crippen LogP contribution in [0, 0.1) is 6.92 Å². The molecule has 2 heterocycles. The number of hydrogen-bond donors (Lipinski definition) is 2. The summed E-state index contributed by atoms with van der Waals surface area (Å²) in [5.41, 5.74) is 8.20. The number of likely N-dealkylation sites (tertiary alicyclic amines) is 1. The lowest BCUT2D eigenvalue weighted by atomic mass is 10.0. The van der Waals surface area contributed by atoms with Gasteiger partial charge in [-0.3, -0.25) is 14.4 Å². The van der Waals surface area contributed by atoms with Crippen LogP contribution >= 0.6 is 0 Å². The van der Waals surface area contributed by atoms with Gasteiger partial charge >= 0.3 is 0 Å². The van der Waals surface area contributed by atoms with Crippen molar-refractivity contribution in [1.29, 1.82) is 0 Å². The van der Waals surface area contributed by atoms with E-state index in [9.17, 15) is 14.4 Å². The van der Waals surface area contributed by atoms with Gasteiger partial charge in [-0.1, -0.05) is 60.2 Å². The number of nitrogens with two attached hydrogens (primary N) is 1. The minimum Gasteiger partial charge on any atom is -0.374 e. The summed E-state index contributed by atoms with van der Waals surface area (Å²) in [6.07, 6.45) is 8.33. The SMILES string of the molecule is Cc1cccc(C(C(=O)N2CCCC2)n2cnc(C=CC(=O)[C@@H](COCc3ccccc3)NC(=O)C(C)(C)N)c2)c1. The van der Waals surface area contributed by atoms with E-state index in [2.05, 4.69) is 10.3 Å². The van der Waals surface area contributed by atoms with Crippen molar-refractivity contribution in [2.45, 2.75) is 57.8 Å². The van der Waals surface area contributed by atoms with Gasteiger partial charge in [0.1, 0.15) is 12.1 Å². The van der Waals surface area contributed by atoms with Gasteiger partial charge in [0.2, 0.25) is 11.8 Å². The number of hydrogen-bond acceptors (Lipinski definition) is 6. The number of nitrogens with zero attached hydrogens (tertiary/aromatic N) is 3. The first-order chi connectivity index (χ1) is 19.6. The lowest BCUT2D eigenvalue weighted by Crippen LogP contribution is -2.55. The maximum absolute atomic E-state index is 13.5. The zero-order valence-electron chi connectivity index (χ0n) is 24.0. The number of aryl methyl sites for hydroxylation is 1. The predicted molar refractivity (Wildman–Crippen MR) is 158 cm³/mol. The molecule has 9 nitrogen and oxygen atoms in total. The van der Waals surface area contributed by atoms with Crippen LogP contribution < -0.4 is 11.1 Å². The Balaban J connectivity index is 1.50. The summed E-state index contributed by atoms with van der Waals surface area (Å²) in [5, 5.41) is 2.71. The van der Waals surface area contributed by atoms with Crippen molar-refractivity contribution in [3.8, 4) is 0 Å². The molecule has 1 aliphatic rings. The number of amides is 2. The van der Waals surface area contributed by atoms with Gasteiger partial charge in [0.05, 0.1) is 30.8 Å². The van der Waals surface area contributed by atoms with Crippen LogP contribution in [0.4, 0.5) is 0 Å². The van der Waals surface area contributed by atoms with Gasteiger partial charge in [0.25, 0.3) is 0 Å². The van der Waals surface area contributed by atoms with E-state index < -0.39 is 23.5 Å². The van der Waals surface area contributed by atoms with Gasteiger partial charge in [-0.2, -0.15) is 0 Å². The van der Waals surface area contributed by atoms with E-state index in [4.69, 9.17) is 10.5 Å². The van der Waals surface area contributed by atoms with Crippen LogP contribution in [0.3, 0.4) is 0 Å². The number of ether oxygens (including phenoxy) is 1. The maximum Gasteiger partial charge on any atom is 0.250 e. The molecule has 4 rings (SSSR count). The number of imidazole rings is 1. The molecular weight excluding hydrogens is 518 g/mol. The van der Waals surface area contributed by atoms with Crippen LogP contribution in [-0.4, -0.2) is 63.3 Å². The topological polar surface area (TPSA) is 120 Å². The molecule has 0 radical (unpaired) electrons. The Labute approximate surface area is 241 Å². The highest BCUT2D eigenvalue weighted by atomic mass is 16.5. The van der Waals surface area contributed by atoms with E-state index in [-0.39, 0.29) is 18.3 Å². The summed E-state index contributed by atoms with van der Waals surface area (Å²) >= 11 is 0. The van der Waals surface area contributed by atoms with E-state index in [1.807, 2.05) is 66.4 Å². The molecule has 2 amide bonds. The number of benzene rings is 2. The summed E-state index contributed by atoms with van der Waals surface area (Å²) in [6, 6.07) is 16.0. The zero-order chi connectivity index (χ0) is 29.4. The number of ketones is 1. The van der Waals surface area contributed by atoms with Crippen molar-refractivity contribution in [3.63, 3.8) is 0 Å². The van der Waals surface area contributed by atoms with Crippen molar-refractivity contribution < 1.29 is 19.1 Å². The third-order valence-electron chi connectivity index (χ3n) is 6.98. The number of carbonyl (C=O) groups excluding carboxylic acids is 3. The molecular formula is C32H39N5O4. The maximum atomic E-state index is 13.5. The van der Waals surface area contributed by atoms with Crippen molar-refractivity contribution in [2.75, 3.05) is 19.7 Å². The molecule has 2 atom stereocenters. The first-order valence-electron chi connectivity index (χ1n) is 13.9. The van der Waals surface area contributed by atoms with Crippen molar-refractivity contribution in [2.24, 2.45) is 5.73 Å². The van der Waals surface area contributed by atoms with Crippen molar-refractivity contribution in [1.82, 2.24) is 19.8 Å². The molecule has 0 bridgehead atoms. The Morgan fingerprint density at radius 3 is 2.51 bits per heavy atom. The van der Waals surface area contributed by atoms with Crippen LogP contribution in [0.1, 0.15) is 55.1 Å². The van der Waals surface area contributed by atoms with Crippen LogP contribution in [0.15, 0.2) is 73.2 Å². The zero-order valence-corrected chi connectivity index (χ0v) is 24.0. The minimum absolute atomic E-state index is 0.0197. The van der Waals surface area contributed by atoms with Crippen LogP contribution in [0.5, 0.6) is 0 Å². The lowest BCUT2D eigenvalue weighted by Gasteiger charge is -2.24. The Morgan fingerprint density at radius 1 is 1.10 bits per heavy atom. The van der Waals surface area contributed by atoms with Crippen LogP contribution in [0.25, 0.3) is 6.08 Å². The molecule has 1 fully saturated rings. The van der Waals surface area contributed by atoms with Gasteiger partial charge in [-0.15, -0.1) is 0 Å². The molecule has 1 aromatic heterocycles. The number of aromatic nitrogens is 2. The van der Waals surface area contributed by atoms with Gasteiger partial charge in [-0.05, 0) is 56.9 Å². The van der Waals surface area contributed by atoms with Crippen LogP contribution in [-0.2, 0) is 25.7 Å². The van der Waals surface area contributed by atoms with Gasteiger partial charge in [0.15, 0.2) is 5.78 Å². The Hall–Kier alpha value is -4.08. The van der Waals surface area contributed by atoms with Crippen molar-refractivity contribution in [3.05, 3.63) is 95.6 Å². The average molecular weight is 558 g/mol. The molecule has 1 aliphatic heterocycles. The van der Waals surface area contributed by atoms with Crippen molar-refractivity contribution >= 4 is 23.7 Å². The molecule has 1 saturated heterocycles. The molecule has 2 aromatic carbocycles. The first kappa shape index (κ1) is 29.9. The monoisotopic (exact) mass is 557 g/mol.